The van der Waals surface area contributed by atoms with E-state index in [2.05, 4.69) is 5.43 Å². The summed E-state index contributed by atoms with van der Waals surface area (Å²) in [5.41, 5.74) is 8.05. The zero-order chi connectivity index (χ0) is 22.1. The van der Waals surface area contributed by atoms with E-state index < -0.39 is 17.1 Å². The van der Waals surface area contributed by atoms with E-state index in [0.29, 0.717) is 29.3 Å². The lowest BCUT2D eigenvalue weighted by Gasteiger charge is -2.19. The molecular weight excluding hydrogens is 398 g/mol. The van der Waals surface area contributed by atoms with Crippen LogP contribution in [0, 0.1) is 22.7 Å². The van der Waals surface area contributed by atoms with Gasteiger partial charge in [0.15, 0.2) is 0 Å². The lowest BCUT2D eigenvalue weighted by atomic mass is 9.97. The predicted molar refractivity (Wildman–Crippen MR) is 112 cm³/mol. The largest absolute Gasteiger partial charge is 0.492 e. The number of nitrogens with zero attached hydrogens (tertiary/aromatic N) is 3. The van der Waals surface area contributed by atoms with Gasteiger partial charge in [-0.1, -0.05) is 30.3 Å². The maximum absolute atomic E-state index is 13.1. The Morgan fingerprint density at radius 1 is 1.13 bits per heavy atom. The van der Waals surface area contributed by atoms with E-state index >= 15 is 0 Å². The molecule has 1 aromatic carbocycles. The number of nitriles is 2. The minimum absolute atomic E-state index is 0.0547. The molecule has 2 aromatic heterocycles. The molecule has 31 heavy (non-hydrogen) atoms. The van der Waals surface area contributed by atoms with E-state index in [1.807, 2.05) is 12.1 Å². The first-order valence-electron chi connectivity index (χ1n) is 9.24. The maximum atomic E-state index is 13.1. The minimum atomic E-state index is -0.836. The quantitative estimate of drug-likeness (QED) is 0.557. The Hall–Kier alpha value is -4.76. The van der Waals surface area contributed by atoms with Crippen LogP contribution in [-0.2, 0) is 0 Å². The third kappa shape index (κ3) is 3.20. The first kappa shape index (κ1) is 19.6. The Labute approximate surface area is 174 Å². The number of rotatable bonds is 3. The van der Waals surface area contributed by atoms with Crippen LogP contribution in [0.25, 0.3) is 22.9 Å². The molecule has 2 heterocycles. The Balaban J connectivity index is 2.01. The number of aromatic nitrogens is 1. The zero-order valence-electron chi connectivity index (χ0n) is 16.0. The van der Waals surface area contributed by atoms with Gasteiger partial charge in [0.05, 0.1) is 10.9 Å². The summed E-state index contributed by atoms with van der Waals surface area (Å²) in [7, 11) is 0. The van der Waals surface area contributed by atoms with Crippen LogP contribution in [0.3, 0.4) is 0 Å². The number of benzene rings is 1. The van der Waals surface area contributed by atoms with Gasteiger partial charge in [0.25, 0.3) is 5.56 Å². The molecule has 3 aromatic rings. The summed E-state index contributed by atoms with van der Waals surface area (Å²) in [5, 5.41) is 30.5. The van der Waals surface area contributed by atoms with Crippen molar-refractivity contribution in [2.75, 3.05) is 11.2 Å². The molecule has 0 saturated carbocycles. The standard InChI is InChI=1S/C22H15N5O4/c23-10-13-19(12-5-2-1-3-6-12)14(11-24)22(30)27(21(13)29)26-16-7-4-8-17-20(16)15(25)9-18(28)31-17/h1-3,5-6,8-9,26,29H,4,7,25H2. The topological polar surface area (TPSA) is 158 Å². The molecular formula is C22H15N5O4. The Kier molecular flexibility index (Phi) is 4.78. The highest BCUT2D eigenvalue weighted by Gasteiger charge is 2.24. The van der Waals surface area contributed by atoms with Gasteiger partial charge in [-0.15, -0.1) is 0 Å². The average molecular weight is 413 g/mol. The van der Waals surface area contributed by atoms with Crippen LogP contribution < -0.4 is 33.0 Å². The van der Waals surface area contributed by atoms with E-state index in [4.69, 9.17) is 10.2 Å². The van der Waals surface area contributed by atoms with Crippen molar-refractivity contribution in [3.63, 3.8) is 0 Å². The van der Waals surface area contributed by atoms with Crippen molar-refractivity contribution >= 4 is 17.5 Å². The molecule has 0 unspecified atom stereocenters. The summed E-state index contributed by atoms with van der Waals surface area (Å²) in [6.45, 7) is 0. The highest BCUT2D eigenvalue weighted by Crippen LogP contribution is 2.30. The monoisotopic (exact) mass is 413 g/mol. The molecule has 0 aliphatic heterocycles. The molecule has 0 atom stereocenters. The zero-order valence-corrected chi connectivity index (χ0v) is 16.0. The van der Waals surface area contributed by atoms with Gasteiger partial charge < -0.3 is 15.3 Å². The van der Waals surface area contributed by atoms with Crippen molar-refractivity contribution in [2.45, 2.75) is 12.8 Å². The van der Waals surface area contributed by atoms with Gasteiger partial charge in [0.2, 0.25) is 5.88 Å². The number of hydrogen-bond acceptors (Lipinski definition) is 8. The summed E-state index contributed by atoms with van der Waals surface area (Å²) >= 11 is 0. The summed E-state index contributed by atoms with van der Waals surface area (Å²) in [4.78, 5) is 24.7. The van der Waals surface area contributed by atoms with E-state index in [1.54, 1.807) is 36.4 Å². The average Bonchev–Trinajstić information content (AvgIpc) is 2.76. The van der Waals surface area contributed by atoms with Gasteiger partial charge in [0, 0.05) is 17.3 Å². The minimum Gasteiger partial charge on any atom is -0.492 e. The molecule has 9 nitrogen and oxygen atoms in total. The molecule has 1 aliphatic rings. The Bertz CT molecular complexity index is 1540. The van der Waals surface area contributed by atoms with E-state index in [-0.39, 0.29) is 27.8 Å². The smallest absolute Gasteiger partial charge is 0.338 e. The van der Waals surface area contributed by atoms with Crippen LogP contribution >= 0.6 is 0 Å². The second kappa shape index (κ2) is 7.58. The molecule has 0 fully saturated rings. The number of nitrogen functional groups attached to an aromatic ring is 1. The molecule has 9 heteroatoms. The van der Waals surface area contributed by atoms with Crippen LogP contribution in [0.4, 0.5) is 5.69 Å². The van der Waals surface area contributed by atoms with E-state index in [1.165, 1.54) is 0 Å². The van der Waals surface area contributed by atoms with Crippen LogP contribution in [-0.4, -0.2) is 9.78 Å². The normalized spacial score (nSPS) is 12.3. The highest BCUT2D eigenvalue weighted by atomic mass is 16.4. The molecule has 4 rings (SSSR count). The van der Waals surface area contributed by atoms with Crippen molar-refractivity contribution in [3.05, 3.63) is 78.9 Å². The SMILES string of the molecule is N#Cc1c(-c2ccccc2)c(C#N)c(=O)n(NC2=c3c(N)cc(=O)oc3=CCC2)c1O. The summed E-state index contributed by atoms with van der Waals surface area (Å²) in [6.07, 6.45) is 2.57. The van der Waals surface area contributed by atoms with Crippen molar-refractivity contribution in [3.8, 4) is 29.1 Å². The first-order valence-corrected chi connectivity index (χ1v) is 9.24. The number of pyridine rings is 1. The first-order chi connectivity index (χ1) is 15.0. The van der Waals surface area contributed by atoms with Crippen LogP contribution in [0.15, 0.2) is 50.4 Å². The van der Waals surface area contributed by atoms with Crippen LogP contribution in [0.5, 0.6) is 5.88 Å². The van der Waals surface area contributed by atoms with Crippen LogP contribution in [0.2, 0.25) is 0 Å². The molecule has 4 N–H and O–H groups in total. The lowest BCUT2D eigenvalue weighted by Crippen LogP contribution is -2.40. The van der Waals surface area contributed by atoms with Crippen molar-refractivity contribution in [1.82, 2.24) is 4.68 Å². The molecule has 152 valence electrons. The lowest BCUT2D eigenvalue weighted by molar-refractivity contribution is 0.425. The molecule has 0 amide bonds. The maximum Gasteiger partial charge on any atom is 0.338 e. The fraction of sp³-hybridized carbons (Fsp3) is 0.0909. The van der Waals surface area contributed by atoms with Crippen molar-refractivity contribution in [1.29, 1.82) is 10.5 Å². The van der Waals surface area contributed by atoms with Crippen molar-refractivity contribution < 1.29 is 9.52 Å². The van der Waals surface area contributed by atoms with Gasteiger partial charge >= 0.3 is 5.63 Å². The van der Waals surface area contributed by atoms with Gasteiger partial charge in [-0.05, 0) is 24.5 Å². The Morgan fingerprint density at radius 2 is 1.84 bits per heavy atom. The Morgan fingerprint density at radius 3 is 2.52 bits per heavy atom. The molecule has 1 aliphatic carbocycles. The molecule has 0 saturated heterocycles. The number of hydrogen-bond donors (Lipinski definition) is 3. The van der Waals surface area contributed by atoms with Gasteiger partial charge in [-0.2, -0.15) is 15.2 Å². The summed E-state index contributed by atoms with van der Waals surface area (Å²) in [6, 6.07) is 13.3. The van der Waals surface area contributed by atoms with E-state index in [9.17, 15) is 25.2 Å². The third-order valence-electron chi connectivity index (χ3n) is 4.93. The summed E-state index contributed by atoms with van der Waals surface area (Å²) in [5.74, 6) is -0.648. The summed E-state index contributed by atoms with van der Waals surface area (Å²) < 4.78 is 5.90. The predicted octanol–water partition coefficient (Wildman–Crippen LogP) is 0.426. The number of nitrogens with two attached hydrogens (primary N) is 1. The molecule has 0 spiro atoms. The second-order valence-corrected chi connectivity index (χ2v) is 6.77. The molecule has 0 radical (unpaired) electrons. The van der Waals surface area contributed by atoms with Crippen LogP contribution in [0.1, 0.15) is 24.0 Å². The highest BCUT2D eigenvalue weighted by molar-refractivity contribution is 5.78. The fourth-order valence-corrected chi connectivity index (χ4v) is 3.59. The second-order valence-electron chi connectivity index (χ2n) is 6.77. The van der Waals surface area contributed by atoms with Crippen molar-refractivity contribution in [2.24, 2.45) is 0 Å². The number of nitrogens with one attached hydrogen (secondary N) is 1. The molecule has 0 bridgehead atoms. The van der Waals surface area contributed by atoms with Gasteiger partial charge in [0.1, 0.15) is 28.7 Å². The number of aromatic hydroxyl groups is 1. The number of anilines is 1. The van der Waals surface area contributed by atoms with Gasteiger partial charge in [-0.25, -0.2) is 4.79 Å². The van der Waals surface area contributed by atoms with Gasteiger partial charge in [-0.3, -0.25) is 10.2 Å². The fourth-order valence-electron chi connectivity index (χ4n) is 3.59. The van der Waals surface area contributed by atoms with E-state index in [0.717, 1.165) is 10.7 Å². The third-order valence-corrected chi connectivity index (χ3v) is 4.93. The number of fused-ring (bicyclic) bond motifs is 1.